The summed E-state index contributed by atoms with van der Waals surface area (Å²) in [6.07, 6.45) is 15.2. The quantitative estimate of drug-likeness (QED) is 0.286. The van der Waals surface area contributed by atoms with Crippen molar-refractivity contribution in [1.82, 2.24) is 24.8 Å². The van der Waals surface area contributed by atoms with Crippen molar-refractivity contribution in [2.75, 3.05) is 31.5 Å². The van der Waals surface area contributed by atoms with E-state index in [0.29, 0.717) is 5.56 Å². The van der Waals surface area contributed by atoms with Crippen LogP contribution in [-0.4, -0.2) is 57.0 Å². The Balaban J connectivity index is 1.16. The van der Waals surface area contributed by atoms with Crippen LogP contribution in [0, 0.1) is 25.2 Å². The Morgan fingerprint density at radius 3 is 2.58 bits per heavy atom. The SMILES string of the molecule is Cc1ncc(C#N)c(Nc2ccc3[nH]ccc3c2C)c1/C=C/c1ccc(CN2CCN(C3CCCC3)CC2)cn1. The lowest BCUT2D eigenvalue weighted by Gasteiger charge is -2.38. The van der Waals surface area contributed by atoms with Gasteiger partial charge in [0.05, 0.1) is 16.9 Å². The fourth-order valence-corrected chi connectivity index (χ4v) is 6.21. The zero-order chi connectivity index (χ0) is 27.5. The number of hydrogen-bond acceptors (Lipinski definition) is 6. The van der Waals surface area contributed by atoms with E-state index >= 15 is 0 Å². The second-order valence-electron chi connectivity index (χ2n) is 11.1. The third-order valence-corrected chi connectivity index (χ3v) is 8.62. The summed E-state index contributed by atoms with van der Waals surface area (Å²) < 4.78 is 0. The largest absolute Gasteiger partial charge is 0.361 e. The van der Waals surface area contributed by atoms with Gasteiger partial charge < -0.3 is 10.3 Å². The number of benzene rings is 1. The minimum absolute atomic E-state index is 0.509. The van der Waals surface area contributed by atoms with Crippen LogP contribution in [0.15, 0.2) is 48.9 Å². The van der Waals surface area contributed by atoms with Crippen LogP contribution in [0.3, 0.4) is 0 Å². The van der Waals surface area contributed by atoms with Crippen molar-refractivity contribution in [3.05, 3.63) is 82.6 Å². The minimum atomic E-state index is 0.509. The molecule has 7 nitrogen and oxygen atoms in total. The van der Waals surface area contributed by atoms with E-state index in [1.807, 2.05) is 37.5 Å². The Bertz CT molecular complexity index is 1550. The van der Waals surface area contributed by atoms with Crippen molar-refractivity contribution in [1.29, 1.82) is 5.26 Å². The molecular formula is C33H37N7. The van der Waals surface area contributed by atoms with Gasteiger partial charge in [-0.15, -0.1) is 0 Å². The van der Waals surface area contributed by atoms with Crippen LogP contribution in [-0.2, 0) is 6.54 Å². The van der Waals surface area contributed by atoms with Crippen molar-refractivity contribution in [3.8, 4) is 6.07 Å². The first-order valence-corrected chi connectivity index (χ1v) is 14.4. The maximum absolute atomic E-state index is 9.86. The zero-order valence-corrected chi connectivity index (χ0v) is 23.5. The molecule has 7 heteroatoms. The number of nitrogens with one attached hydrogen (secondary N) is 2. The van der Waals surface area contributed by atoms with Crippen LogP contribution in [0.25, 0.3) is 23.1 Å². The number of aromatic amines is 1. The molecule has 0 bridgehead atoms. The van der Waals surface area contributed by atoms with Crippen molar-refractivity contribution < 1.29 is 0 Å². The Kier molecular flexibility index (Phi) is 7.63. The Labute approximate surface area is 236 Å². The third kappa shape index (κ3) is 5.51. The fourth-order valence-electron chi connectivity index (χ4n) is 6.21. The summed E-state index contributed by atoms with van der Waals surface area (Å²) in [5.74, 6) is 0. The van der Waals surface area contributed by atoms with Gasteiger partial charge in [-0.05, 0) is 74.2 Å². The molecule has 4 aromatic rings. The van der Waals surface area contributed by atoms with E-state index in [2.05, 4.69) is 62.3 Å². The first-order valence-electron chi connectivity index (χ1n) is 14.4. The van der Waals surface area contributed by atoms with E-state index < -0.39 is 0 Å². The normalized spacial score (nSPS) is 17.1. The van der Waals surface area contributed by atoms with Crippen LogP contribution in [0.2, 0.25) is 0 Å². The van der Waals surface area contributed by atoms with Gasteiger partial charge >= 0.3 is 0 Å². The maximum Gasteiger partial charge on any atom is 0.103 e. The molecule has 1 aromatic carbocycles. The summed E-state index contributed by atoms with van der Waals surface area (Å²) in [5, 5.41) is 14.6. The average Bonchev–Trinajstić information content (AvgIpc) is 3.69. The molecule has 1 aliphatic carbocycles. The Morgan fingerprint density at radius 2 is 1.82 bits per heavy atom. The highest BCUT2D eigenvalue weighted by Crippen LogP contribution is 2.32. The van der Waals surface area contributed by atoms with E-state index in [0.717, 1.165) is 70.5 Å². The number of pyridine rings is 2. The molecule has 3 aromatic heterocycles. The summed E-state index contributed by atoms with van der Waals surface area (Å²) >= 11 is 0. The number of H-pyrrole nitrogens is 1. The molecular weight excluding hydrogens is 494 g/mol. The Hall–Kier alpha value is -3.99. The number of nitriles is 1. The summed E-state index contributed by atoms with van der Waals surface area (Å²) in [6, 6.07) is 13.6. The average molecular weight is 532 g/mol. The van der Waals surface area contributed by atoms with E-state index in [1.54, 1.807) is 6.20 Å². The van der Waals surface area contributed by atoms with E-state index in [4.69, 9.17) is 4.98 Å². The molecule has 204 valence electrons. The summed E-state index contributed by atoms with van der Waals surface area (Å²) in [5.41, 5.74) is 8.33. The molecule has 2 N–H and O–H groups in total. The smallest absolute Gasteiger partial charge is 0.103 e. The van der Waals surface area contributed by atoms with Crippen molar-refractivity contribution >= 4 is 34.4 Å². The standard InChI is InChI=1S/C33H37N7/c1-23-29-13-14-35-32(29)12-11-31(23)38-33-26(19-34)21-36-24(2)30(33)10-9-27-8-7-25(20-37-27)22-39-15-17-40(18-16-39)28-5-3-4-6-28/h7-14,20-21,28,35H,3-6,15-18,22H2,1-2H3,(H,36,38)/b10-9+. The van der Waals surface area contributed by atoms with Crippen LogP contribution in [0.5, 0.6) is 0 Å². The predicted octanol–water partition coefficient (Wildman–Crippen LogP) is 6.42. The number of hydrogen-bond donors (Lipinski definition) is 2. The van der Waals surface area contributed by atoms with Crippen molar-refractivity contribution in [2.24, 2.45) is 0 Å². The summed E-state index contributed by atoms with van der Waals surface area (Å²) in [4.78, 5) is 17.7. The molecule has 0 spiro atoms. The van der Waals surface area contributed by atoms with Crippen molar-refractivity contribution in [2.45, 2.75) is 52.1 Å². The lowest BCUT2D eigenvalue weighted by atomic mass is 10.0. The second kappa shape index (κ2) is 11.6. The van der Waals surface area contributed by atoms with Crippen molar-refractivity contribution in [3.63, 3.8) is 0 Å². The van der Waals surface area contributed by atoms with E-state index in [-0.39, 0.29) is 0 Å². The lowest BCUT2D eigenvalue weighted by Crippen LogP contribution is -2.49. The van der Waals surface area contributed by atoms with Gasteiger partial charge in [0.25, 0.3) is 0 Å². The highest BCUT2D eigenvalue weighted by Gasteiger charge is 2.26. The minimum Gasteiger partial charge on any atom is -0.361 e. The first-order chi connectivity index (χ1) is 19.6. The molecule has 40 heavy (non-hydrogen) atoms. The number of aryl methyl sites for hydroxylation is 2. The molecule has 4 heterocycles. The topological polar surface area (TPSA) is 83.9 Å². The van der Waals surface area contributed by atoms with Gasteiger partial charge in [0.2, 0.25) is 0 Å². The molecule has 0 unspecified atom stereocenters. The number of rotatable bonds is 7. The molecule has 2 fully saturated rings. The highest BCUT2D eigenvalue weighted by atomic mass is 15.3. The fraction of sp³-hybridized carbons (Fsp3) is 0.364. The van der Waals surface area contributed by atoms with Gasteiger partial charge in [-0.25, -0.2) is 0 Å². The van der Waals surface area contributed by atoms with Crippen LogP contribution >= 0.6 is 0 Å². The number of anilines is 2. The molecule has 0 amide bonds. The third-order valence-electron chi connectivity index (χ3n) is 8.62. The zero-order valence-electron chi connectivity index (χ0n) is 23.5. The Morgan fingerprint density at radius 1 is 1.00 bits per heavy atom. The highest BCUT2D eigenvalue weighted by molar-refractivity contribution is 5.90. The molecule has 6 rings (SSSR count). The van der Waals surface area contributed by atoms with Gasteiger partial charge in [-0.2, -0.15) is 5.26 Å². The van der Waals surface area contributed by atoms with Gasteiger partial charge in [0, 0.05) is 85.2 Å². The monoisotopic (exact) mass is 531 g/mol. The molecule has 0 radical (unpaired) electrons. The van der Waals surface area contributed by atoms with Gasteiger partial charge in [0.1, 0.15) is 6.07 Å². The van der Waals surface area contributed by atoms with Crippen LogP contribution < -0.4 is 5.32 Å². The predicted molar refractivity (Wildman–Crippen MR) is 162 cm³/mol. The summed E-state index contributed by atoms with van der Waals surface area (Å²) in [7, 11) is 0. The van der Waals surface area contributed by atoms with Gasteiger partial charge in [-0.1, -0.05) is 18.9 Å². The van der Waals surface area contributed by atoms with E-state index in [9.17, 15) is 5.26 Å². The van der Waals surface area contributed by atoms with Gasteiger partial charge in [0.15, 0.2) is 0 Å². The molecule has 1 aliphatic heterocycles. The van der Waals surface area contributed by atoms with Gasteiger partial charge in [-0.3, -0.25) is 19.8 Å². The number of fused-ring (bicyclic) bond motifs is 1. The maximum atomic E-state index is 9.86. The molecule has 1 saturated carbocycles. The molecule has 0 atom stereocenters. The number of piperazine rings is 1. The second-order valence-corrected chi connectivity index (χ2v) is 11.1. The molecule has 1 saturated heterocycles. The number of nitrogens with zero attached hydrogens (tertiary/aromatic N) is 5. The number of aromatic nitrogens is 3. The first kappa shape index (κ1) is 26.2. The summed E-state index contributed by atoms with van der Waals surface area (Å²) in [6.45, 7) is 9.64. The lowest BCUT2D eigenvalue weighted by molar-refractivity contribution is 0.0936. The van der Waals surface area contributed by atoms with Crippen LogP contribution in [0.4, 0.5) is 11.4 Å². The molecule has 2 aliphatic rings. The van der Waals surface area contributed by atoms with E-state index in [1.165, 1.54) is 44.3 Å². The van der Waals surface area contributed by atoms with Crippen LogP contribution in [0.1, 0.15) is 59.3 Å².